The van der Waals surface area contributed by atoms with Crippen molar-refractivity contribution in [1.29, 1.82) is 5.26 Å². The first-order valence-corrected chi connectivity index (χ1v) is 4.89. The lowest BCUT2D eigenvalue weighted by atomic mass is 10.2. The molecule has 1 rings (SSSR count). The highest BCUT2D eigenvalue weighted by Gasteiger charge is 2.09. The summed E-state index contributed by atoms with van der Waals surface area (Å²) in [5, 5.41) is 9.15. The van der Waals surface area contributed by atoms with E-state index in [9.17, 15) is 4.79 Å². The maximum atomic E-state index is 11.1. The average Bonchev–Trinajstić information content (AvgIpc) is 2.27. The summed E-state index contributed by atoms with van der Waals surface area (Å²) in [4.78, 5) is 11.1. The molecule has 0 saturated heterocycles. The van der Waals surface area contributed by atoms with Crippen LogP contribution in [0.25, 0.3) is 0 Å². The van der Waals surface area contributed by atoms with Gasteiger partial charge in [-0.05, 0) is 12.1 Å². The SMILES string of the molecule is COCC(=O)COc1cccc(Cl)c1C#N. The van der Waals surface area contributed by atoms with Crippen LogP contribution in [0.1, 0.15) is 5.56 Å². The molecule has 1 aromatic carbocycles. The van der Waals surface area contributed by atoms with Gasteiger partial charge in [0.2, 0.25) is 0 Å². The zero-order valence-corrected chi connectivity index (χ0v) is 9.45. The van der Waals surface area contributed by atoms with Gasteiger partial charge in [-0.15, -0.1) is 0 Å². The fourth-order valence-corrected chi connectivity index (χ4v) is 1.30. The summed E-state index contributed by atoms with van der Waals surface area (Å²) < 4.78 is 9.84. The number of Topliss-reactive ketones (excluding diaryl/α,β-unsaturated/α-hetero) is 1. The molecular formula is C11H10ClNO3. The molecule has 0 heterocycles. The molecule has 0 aliphatic rings. The quantitative estimate of drug-likeness (QED) is 0.786. The van der Waals surface area contributed by atoms with Crippen molar-refractivity contribution in [2.75, 3.05) is 20.3 Å². The molecule has 84 valence electrons. The molecule has 0 N–H and O–H groups in total. The number of nitrogens with zero attached hydrogens (tertiary/aromatic N) is 1. The van der Waals surface area contributed by atoms with Crippen LogP contribution in [-0.4, -0.2) is 26.1 Å². The van der Waals surface area contributed by atoms with E-state index >= 15 is 0 Å². The third kappa shape index (κ3) is 3.23. The minimum absolute atomic E-state index is 0.0115. The number of carbonyl (C=O) groups is 1. The monoisotopic (exact) mass is 239 g/mol. The number of carbonyl (C=O) groups excluding carboxylic acids is 1. The summed E-state index contributed by atoms with van der Waals surface area (Å²) >= 11 is 5.79. The second-order valence-electron chi connectivity index (χ2n) is 2.99. The Morgan fingerprint density at radius 1 is 1.50 bits per heavy atom. The van der Waals surface area contributed by atoms with E-state index in [1.807, 2.05) is 6.07 Å². The second-order valence-corrected chi connectivity index (χ2v) is 3.39. The van der Waals surface area contributed by atoms with Gasteiger partial charge in [0.15, 0.2) is 5.78 Å². The van der Waals surface area contributed by atoms with Gasteiger partial charge in [-0.25, -0.2) is 0 Å². The Labute approximate surface area is 98.3 Å². The highest BCUT2D eigenvalue weighted by molar-refractivity contribution is 6.31. The molecule has 0 aromatic heterocycles. The zero-order valence-electron chi connectivity index (χ0n) is 8.70. The molecule has 0 radical (unpaired) electrons. The van der Waals surface area contributed by atoms with Crippen LogP contribution in [0.5, 0.6) is 5.75 Å². The van der Waals surface area contributed by atoms with Gasteiger partial charge in [-0.1, -0.05) is 17.7 Å². The van der Waals surface area contributed by atoms with Gasteiger partial charge in [-0.2, -0.15) is 5.26 Å². The first kappa shape index (κ1) is 12.5. The van der Waals surface area contributed by atoms with Crippen LogP contribution in [0.2, 0.25) is 5.02 Å². The van der Waals surface area contributed by atoms with Crippen molar-refractivity contribution in [2.45, 2.75) is 0 Å². The molecule has 1 aromatic rings. The summed E-state index contributed by atoms with van der Waals surface area (Å²) in [6.45, 7) is -0.148. The Bertz CT molecular complexity index is 426. The predicted molar refractivity (Wildman–Crippen MR) is 58.5 cm³/mol. The van der Waals surface area contributed by atoms with E-state index < -0.39 is 0 Å². The van der Waals surface area contributed by atoms with Crippen LogP contribution in [0.3, 0.4) is 0 Å². The molecule has 0 saturated carbocycles. The minimum atomic E-state index is -0.202. The highest BCUT2D eigenvalue weighted by Crippen LogP contribution is 2.25. The number of benzene rings is 1. The first-order chi connectivity index (χ1) is 7.69. The van der Waals surface area contributed by atoms with Crippen LogP contribution >= 0.6 is 11.6 Å². The third-order valence-corrected chi connectivity index (χ3v) is 2.10. The van der Waals surface area contributed by atoms with E-state index in [0.29, 0.717) is 10.8 Å². The number of ether oxygens (including phenoxy) is 2. The molecule has 0 aliphatic heterocycles. The van der Waals surface area contributed by atoms with Gasteiger partial charge in [0.05, 0.1) is 5.02 Å². The van der Waals surface area contributed by atoms with E-state index in [2.05, 4.69) is 4.74 Å². The molecule has 0 fully saturated rings. The van der Waals surface area contributed by atoms with Gasteiger partial charge in [0, 0.05) is 7.11 Å². The first-order valence-electron chi connectivity index (χ1n) is 4.51. The molecule has 0 aliphatic carbocycles. The van der Waals surface area contributed by atoms with Crippen molar-refractivity contribution in [3.8, 4) is 11.8 Å². The molecular weight excluding hydrogens is 230 g/mol. The molecule has 5 heteroatoms. The Balaban J connectivity index is 2.71. The predicted octanol–water partition coefficient (Wildman–Crippen LogP) is 1.81. The summed E-state index contributed by atoms with van der Waals surface area (Å²) in [5.41, 5.74) is 0.231. The smallest absolute Gasteiger partial charge is 0.195 e. The van der Waals surface area contributed by atoms with Crippen molar-refractivity contribution < 1.29 is 14.3 Å². The molecule has 0 unspecified atom stereocenters. The fraction of sp³-hybridized carbons (Fsp3) is 0.273. The Morgan fingerprint density at radius 3 is 2.88 bits per heavy atom. The van der Waals surface area contributed by atoms with E-state index in [1.165, 1.54) is 7.11 Å². The number of ketones is 1. The Morgan fingerprint density at radius 2 is 2.25 bits per heavy atom. The summed E-state index contributed by atoms with van der Waals surface area (Å²) in [5.74, 6) is 0.103. The zero-order chi connectivity index (χ0) is 12.0. The average molecular weight is 240 g/mol. The number of methoxy groups -OCH3 is 1. The van der Waals surface area contributed by atoms with Gasteiger partial charge in [-0.3, -0.25) is 4.79 Å². The van der Waals surface area contributed by atoms with E-state index in [4.69, 9.17) is 21.6 Å². The van der Waals surface area contributed by atoms with Crippen molar-refractivity contribution in [1.82, 2.24) is 0 Å². The van der Waals surface area contributed by atoms with Gasteiger partial charge in [0.25, 0.3) is 0 Å². The topological polar surface area (TPSA) is 59.3 Å². The summed E-state index contributed by atoms with van der Waals surface area (Å²) in [7, 11) is 1.43. The highest BCUT2D eigenvalue weighted by atomic mass is 35.5. The van der Waals surface area contributed by atoms with E-state index in [-0.39, 0.29) is 24.6 Å². The standard InChI is InChI=1S/C11H10ClNO3/c1-15-6-8(14)7-16-11-4-2-3-10(12)9(11)5-13/h2-4H,6-7H2,1H3. The minimum Gasteiger partial charge on any atom is -0.484 e. The van der Waals surface area contributed by atoms with Crippen LogP contribution in [0.15, 0.2) is 18.2 Å². The normalized spacial score (nSPS) is 9.56. The molecule has 0 atom stereocenters. The van der Waals surface area contributed by atoms with Gasteiger partial charge in [0.1, 0.15) is 30.6 Å². The molecule has 16 heavy (non-hydrogen) atoms. The van der Waals surface area contributed by atoms with E-state index in [0.717, 1.165) is 0 Å². The molecule has 4 nitrogen and oxygen atoms in total. The van der Waals surface area contributed by atoms with Crippen molar-refractivity contribution in [2.24, 2.45) is 0 Å². The Kier molecular flexibility index (Phi) is 4.77. The number of halogens is 1. The maximum absolute atomic E-state index is 11.1. The summed E-state index contributed by atoms with van der Waals surface area (Å²) in [6, 6.07) is 6.75. The van der Waals surface area contributed by atoms with Crippen LogP contribution in [0.4, 0.5) is 0 Å². The van der Waals surface area contributed by atoms with Crippen LogP contribution in [-0.2, 0) is 9.53 Å². The lowest BCUT2D eigenvalue weighted by Gasteiger charge is -2.07. The number of rotatable bonds is 5. The van der Waals surface area contributed by atoms with Crippen LogP contribution in [0, 0.1) is 11.3 Å². The summed E-state index contributed by atoms with van der Waals surface area (Å²) in [6.07, 6.45) is 0. The van der Waals surface area contributed by atoms with Crippen molar-refractivity contribution >= 4 is 17.4 Å². The van der Waals surface area contributed by atoms with E-state index in [1.54, 1.807) is 18.2 Å². The van der Waals surface area contributed by atoms with Crippen LogP contribution < -0.4 is 4.74 Å². The lowest BCUT2D eigenvalue weighted by molar-refractivity contribution is -0.124. The number of hydrogen-bond acceptors (Lipinski definition) is 4. The van der Waals surface area contributed by atoms with Crippen molar-refractivity contribution in [3.63, 3.8) is 0 Å². The fourth-order valence-electron chi connectivity index (χ4n) is 1.09. The second kappa shape index (κ2) is 6.11. The van der Waals surface area contributed by atoms with Gasteiger partial charge >= 0.3 is 0 Å². The van der Waals surface area contributed by atoms with Gasteiger partial charge < -0.3 is 9.47 Å². The molecule has 0 spiro atoms. The lowest BCUT2D eigenvalue weighted by Crippen LogP contribution is -2.16. The maximum Gasteiger partial charge on any atom is 0.195 e. The number of hydrogen-bond donors (Lipinski definition) is 0. The Hall–Kier alpha value is -1.57. The third-order valence-electron chi connectivity index (χ3n) is 1.78. The largest absolute Gasteiger partial charge is 0.484 e. The van der Waals surface area contributed by atoms with Crippen molar-refractivity contribution in [3.05, 3.63) is 28.8 Å². The molecule has 0 amide bonds. The molecule has 0 bridgehead atoms. The number of nitriles is 1.